The van der Waals surface area contributed by atoms with Gasteiger partial charge in [0.2, 0.25) is 0 Å². The van der Waals surface area contributed by atoms with Crippen molar-refractivity contribution in [3.63, 3.8) is 0 Å². The van der Waals surface area contributed by atoms with E-state index in [-0.39, 0.29) is 23.8 Å². The van der Waals surface area contributed by atoms with Crippen molar-refractivity contribution in [1.82, 2.24) is 0 Å². The van der Waals surface area contributed by atoms with Crippen LogP contribution in [0.3, 0.4) is 0 Å². The van der Waals surface area contributed by atoms with Gasteiger partial charge in [0.05, 0.1) is 13.2 Å². The van der Waals surface area contributed by atoms with Crippen molar-refractivity contribution >= 4 is 29.1 Å². The molecule has 4 rings (SSSR count). The number of methoxy groups -OCH3 is 1. The molecule has 0 spiro atoms. The Bertz CT molecular complexity index is 1150. The van der Waals surface area contributed by atoms with Crippen LogP contribution in [0.2, 0.25) is 5.02 Å². The maximum atomic E-state index is 13.7. The summed E-state index contributed by atoms with van der Waals surface area (Å²) >= 11 is 6.06. The lowest BCUT2D eigenvalue weighted by atomic mass is 9.69. The average molecular weight is 480 g/mol. The van der Waals surface area contributed by atoms with Crippen LogP contribution in [0.15, 0.2) is 64.8 Å². The molecule has 0 bridgehead atoms. The standard InChI is InChI=1S/C28H30ClNO4/c1-5-16(2)34-28(32)25-17(3)30-22-14-19(18-10-12-20(29)13-11-18)15-23(31)27(22)26(25)21-8-6-7-9-24(21)33-4/h6-13,16,19,25-26H,5,14-15H2,1-4H3/t16-,19-,25?,26-/m1/s1. The van der Waals surface area contributed by atoms with Crippen LogP contribution >= 0.6 is 11.6 Å². The van der Waals surface area contributed by atoms with Crippen LogP contribution in [-0.4, -0.2) is 30.7 Å². The Labute approximate surface area is 205 Å². The number of rotatable bonds is 6. The van der Waals surface area contributed by atoms with E-state index in [2.05, 4.69) is 0 Å². The molecule has 178 valence electrons. The molecule has 0 aromatic heterocycles. The molecular weight excluding hydrogens is 450 g/mol. The van der Waals surface area contributed by atoms with E-state index in [1.165, 1.54) is 0 Å². The van der Waals surface area contributed by atoms with E-state index in [1.54, 1.807) is 7.11 Å². The average Bonchev–Trinajstić information content (AvgIpc) is 2.83. The molecule has 1 aliphatic carbocycles. The van der Waals surface area contributed by atoms with Gasteiger partial charge >= 0.3 is 5.97 Å². The van der Waals surface area contributed by atoms with Crippen molar-refractivity contribution < 1.29 is 19.1 Å². The number of para-hydroxylation sites is 1. The van der Waals surface area contributed by atoms with Crippen molar-refractivity contribution in [3.8, 4) is 5.75 Å². The number of ether oxygens (including phenoxy) is 2. The number of aliphatic imine (C=N–C) groups is 1. The fraction of sp³-hybridized carbons (Fsp3) is 0.393. The number of allylic oxidation sites excluding steroid dienone is 2. The van der Waals surface area contributed by atoms with Crippen LogP contribution in [0, 0.1) is 5.92 Å². The summed E-state index contributed by atoms with van der Waals surface area (Å²) in [6.45, 7) is 5.70. The highest BCUT2D eigenvalue weighted by atomic mass is 35.5. The van der Waals surface area contributed by atoms with Crippen LogP contribution in [-0.2, 0) is 14.3 Å². The van der Waals surface area contributed by atoms with Gasteiger partial charge < -0.3 is 9.47 Å². The SMILES string of the molecule is CC[C@@H](C)OC(=O)C1C(C)=NC2=C(C(=O)C[C@H](c3ccc(Cl)cc3)C2)[C@@H]1c1ccccc1OC. The zero-order valence-electron chi connectivity index (χ0n) is 20.0. The van der Waals surface area contributed by atoms with Gasteiger partial charge in [0.25, 0.3) is 0 Å². The number of carbonyl (C=O) groups is 2. The molecule has 2 aromatic carbocycles. The lowest BCUT2D eigenvalue weighted by Gasteiger charge is -2.37. The molecule has 34 heavy (non-hydrogen) atoms. The highest BCUT2D eigenvalue weighted by Crippen LogP contribution is 2.48. The molecule has 0 fully saturated rings. The minimum absolute atomic E-state index is 0.00898. The number of ketones is 1. The van der Waals surface area contributed by atoms with Gasteiger partial charge in [-0.25, -0.2) is 0 Å². The smallest absolute Gasteiger partial charge is 0.315 e. The number of carbonyl (C=O) groups excluding carboxylic acids is 2. The number of halogens is 1. The van der Waals surface area contributed by atoms with Crippen molar-refractivity contribution in [3.05, 3.63) is 76.0 Å². The minimum Gasteiger partial charge on any atom is -0.496 e. The number of nitrogens with zero attached hydrogens (tertiary/aromatic N) is 1. The molecular formula is C28H30ClNO4. The fourth-order valence-corrected chi connectivity index (χ4v) is 5.08. The second-order valence-corrected chi connectivity index (χ2v) is 9.48. The topological polar surface area (TPSA) is 65.0 Å². The lowest BCUT2D eigenvalue weighted by Crippen LogP contribution is -2.39. The zero-order chi connectivity index (χ0) is 24.4. The largest absolute Gasteiger partial charge is 0.496 e. The normalized spacial score (nSPS) is 23.1. The van der Waals surface area contributed by atoms with Crippen LogP contribution in [0.1, 0.15) is 63.0 Å². The maximum Gasteiger partial charge on any atom is 0.315 e. The highest BCUT2D eigenvalue weighted by molar-refractivity contribution is 6.30. The summed E-state index contributed by atoms with van der Waals surface area (Å²) in [5.74, 6) is -0.871. The zero-order valence-corrected chi connectivity index (χ0v) is 20.8. The Morgan fingerprint density at radius 3 is 2.53 bits per heavy atom. The molecule has 0 radical (unpaired) electrons. The first kappa shape index (κ1) is 24.2. The van der Waals surface area contributed by atoms with E-state index in [0.717, 1.165) is 16.8 Å². The fourth-order valence-electron chi connectivity index (χ4n) is 4.95. The van der Waals surface area contributed by atoms with Crippen LogP contribution in [0.4, 0.5) is 0 Å². The van der Waals surface area contributed by atoms with Gasteiger partial charge in [0.1, 0.15) is 11.7 Å². The van der Waals surface area contributed by atoms with Gasteiger partial charge in [-0.2, -0.15) is 0 Å². The second kappa shape index (κ2) is 10.1. The van der Waals surface area contributed by atoms with E-state index < -0.39 is 11.8 Å². The first-order valence-electron chi connectivity index (χ1n) is 11.7. The van der Waals surface area contributed by atoms with Crippen molar-refractivity contribution in [2.45, 2.75) is 58.0 Å². The molecule has 4 atom stereocenters. The number of benzene rings is 2. The van der Waals surface area contributed by atoms with Gasteiger partial charge in [0, 0.05) is 39.9 Å². The van der Waals surface area contributed by atoms with Crippen LogP contribution in [0.25, 0.3) is 0 Å². The molecule has 0 N–H and O–H groups in total. The number of Topliss-reactive ketones (excluding diaryl/α,β-unsaturated/α-hetero) is 1. The predicted octanol–water partition coefficient (Wildman–Crippen LogP) is 6.27. The number of hydrogen-bond acceptors (Lipinski definition) is 5. The Morgan fingerprint density at radius 1 is 1.15 bits per heavy atom. The highest BCUT2D eigenvalue weighted by Gasteiger charge is 2.45. The molecule has 2 aliphatic rings. The second-order valence-electron chi connectivity index (χ2n) is 9.05. The summed E-state index contributed by atoms with van der Waals surface area (Å²) in [6, 6.07) is 15.2. The third kappa shape index (κ3) is 4.67. The van der Waals surface area contributed by atoms with Gasteiger partial charge in [-0.15, -0.1) is 0 Å². The molecule has 1 heterocycles. The molecule has 5 nitrogen and oxygen atoms in total. The summed E-state index contributed by atoms with van der Waals surface area (Å²) < 4.78 is 11.4. The summed E-state index contributed by atoms with van der Waals surface area (Å²) in [4.78, 5) is 31.9. The molecule has 0 amide bonds. The maximum absolute atomic E-state index is 13.7. The lowest BCUT2D eigenvalue weighted by molar-refractivity contribution is -0.151. The summed E-state index contributed by atoms with van der Waals surface area (Å²) in [7, 11) is 1.60. The van der Waals surface area contributed by atoms with Crippen molar-refractivity contribution in [2.75, 3.05) is 7.11 Å². The number of esters is 1. The van der Waals surface area contributed by atoms with Gasteiger partial charge in [-0.3, -0.25) is 14.6 Å². The Morgan fingerprint density at radius 2 is 1.85 bits per heavy atom. The van der Waals surface area contributed by atoms with E-state index in [1.807, 2.05) is 69.3 Å². The third-order valence-corrected chi connectivity index (χ3v) is 7.10. The predicted molar refractivity (Wildman–Crippen MR) is 134 cm³/mol. The first-order valence-corrected chi connectivity index (χ1v) is 12.1. The summed E-state index contributed by atoms with van der Waals surface area (Å²) in [5, 5.41) is 0.663. The third-order valence-electron chi connectivity index (χ3n) is 6.85. The van der Waals surface area contributed by atoms with E-state index in [9.17, 15) is 9.59 Å². The van der Waals surface area contributed by atoms with E-state index in [4.69, 9.17) is 26.1 Å². The van der Waals surface area contributed by atoms with Crippen molar-refractivity contribution in [2.24, 2.45) is 10.9 Å². The molecule has 1 unspecified atom stereocenters. The monoisotopic (exact) mass is 479 g/mol. The Balaban J connectivity index is 1.81. The molecule has 0 saturated carbocycles. The van der Waals surface area contributed by atoms with Gasteiger partial charge in [0.15, 0.2) is 5.78 Å². The van der Waals surface area contributed by atoms with Crippen LogP contribution in [0.5, 0.6) is 5.75 Å². The summed E-state index contributed by atoms with van der Waals surface area (Å²) in [5.41, 5.74) is 3.87. The minimum atomic E-state index is -0.680. The quantitative estimate of drug-likeness (QED) is 0.458. The first-order chi connectivity index (χ1) is 16.3. The number of hydrogen-bond donors (Lipinski definition) is 0. The van der Waals surface area contributed by atoms with Gasteiger partial charge in [-0.1, -0.05) is 48.9 Å². The molecule has 0 saturated heterocycles. The van der Waals surface area contributed by atoms with Gasteiger partial charge in [-0.05, 0) is 56.4 Å². The summed E-state index contributed by atoms with van der Waals surface area (Å²) in [6.07, 6.45) is 1.47. The van der Waals surface area contributed by atoms with E-state index >= 15 is 0 Å². The van der Waals surface area contributed by atoms with E-state index in [0.29, 0.717) is 41.3 Å². The molecule has 2 aromatic rings. The Kier molecular flexibility index (Phi) is 7.22. The van der Waals surface area contributed by atoms with Crippen molar-refractivity contribution in [1.29, 1.82) is 0 Å². The van der Waals surface area contributed by atoms with Crippen LogP contribution < -0.4 is 4.74 Å². The molecule has 6 heteroatoms. The molecule has 1 aliphatic heterocycles. The Hall–Kier alpha value is -2.92.